The van der Waals surface area contributed by atoms with Crippen molar-refractivity contribution in [3.05, 3.63) is 0 Å². The molecule has 0 aromatic carbocycles. The van der Waals surface area contributed by atoms with Crippen LogP contribution in [0, 0.1) is 0 Å². The Morgan fingerprint density at radius 1 is 1.24 bits per heavy atom. The van der Waals surface area contributed by atoms with Crippen molar-refractivity contribution in [3.8, 4) is 0 Å². The van der Waals surface area contributed by atoms with Gasteiger partial charge in [0.25, 0.3) is 5.91 Å². The van der Waals surface area contributed by atoms with Crippen LogP contribution in [0.25, 0.3) is 0 Å². The first-order chi connectivity index (χ1) is 8.06. The van der Waals surface area contributed by atoms with Crippen LogP contribution in [0.5, 0.6) is 0 Å². The predicted molar refractivity (Wildman–Crippen MR) is 64.6 cm³/mol. The molecule has 2 aliphatic rings. The van der Waals surface area contributed by atoms with Gasteiger partial charge in [-0.1, -0.05) is 19.3 Å². The first-order valence-electron chi connectivity index (χ1n) is 6.34. The fourth-order valence-corrected chi connectivity index (χ4v) is 2.85. The van der Waals surface area contributed by atoms with Gasteiger partial charge >= 0.3 is 6.03 Å². The summed E-state index contributed by atoms with van der Waals surface area (Å²) in [6, 6.07) is -0.209. The van der Waals surface area contributed by atoms with E-state index in [1.807, 2.05) is 19.0 Å². The Kier molecular flexibility index (Phi) is 3.38. The number of likely N-dealkylation sites (N-methyl/N-ethyl adjacent to an activating group) is 1. The minimum absolute atomic E-state index is 0.0824. The van der Waals surface area contributed by atoms with Gasteiger partial charge < -0.3 is 9.80 Å². The van der Waals surface area contributed by atoms with E-state index in [1.165, 1.54) is 6.42 Å². The summed E-state index contributed by atoms with van der Waals surface area (Å²) < 4.78 is 0. The average Bonchev–Trinajstić information content (AvgIpc) is 2.50. The lowest BCUT2D eigenvalue weighted by Crippen LogP contribution is -2.52. The van der Waals surface area contributed by atoms with Crippen molar-refractivity contribution in [2.45, 2.75) is 37.6 Å². The fourth-order valence-electron chi connectivity index (χ4n) is 2.85. The van der Waals surface area contributed by atoms with Crippen LogP contribution in [0.4, 0.5) is 4.79 Å². The molecule has 0 unspecified atom stereocenters. The van der Waals surface area contributed by atoms with Crippen LogP contribution in [-0.4, -0.2) is 54.5 Å². The van der Waals surface area contributed by atoms with Crippen LogP contribution in [0.1, 0.15) is 32.1 Å². The first kappa shape index (κ1) is 12.4. The Labute approximate surface area is 102 Å². The maximum absolute atomic E-state index is 12.0. The monoisotopic (exact) mass is 239 g/mol. The molecule has 1 N–H and O–H groups in total. The van der Waals surface area contributed by atoms with E-state index >= 15 is 0 Å². The van der Waals surface area contributed by atoms with E-state index in [1.54, 1.807) is 4.90 Å². The largest absolute Gasteiger partial charge is 0.325 e. The van der Waals surface area contributed by atoms with Gasteiger partial charge in [0.2, 0.25) is 0 Å². The smallest absolute Gasteiger partial charge is 0.308 e. The number of imide groups is 1. The van der Waals surface area contributed by atoms with E-state index in [2.05, 4.69) is 5.32 Å². The van der Waals surface area contributed by atoms with E-state index in [9.17, 15) is 9.59 Å². The summed E-state index contributed by atoms with van der Waals surface area (Å²) in [6.45, 7) is 1.42. The minimum Gasteiger partial charge on any atom is -0.308 e. The molecule has 0 aromatic heterocycles. The van der Waals surface area contributed by atoms with Crippen molar-refractivity contribution in [3.63, 3.8) is 0 Å². The van der Waals surface area contributed by atoms with E-state index in [4.69, 9.17) is 0 Å². The molecule has 1 saturated heterocycles. The normalized spacial score (nSPS) is 23.6. The van der Waals surface area contributed by atoms with Crippen molar-refractivity contribution in [2.75, 3.05) is 27.2 Å². The Balaban J connectivity index is 2.14. The quantitative estimate of drug-likeness (QED) is 0.741. The maximum atomic E-state index is 12.0. The van der Waals surface area contributed by atoms with Gasteiger partial charge in [-0.25, -0.2) is 4.79 Å². The molecule has 1 heterocycles. The van der Waals surface area contributed by atoms with Gasteiger partial charge in [-0.05, 0) is 26.9 Å². The SMILES string of the molecule is CN(C)CCN1C(=O)NC(=O)C12CCCCC2. The average molecular weight is 239 g/mol. The van der Waals surface area contributed by atoms with Gasteiger partial charge in [0.1, 0.15) is 5.54 Å². The van der Waals surface area contributed by atoms with E-state index in [0.29, 0.717) is 6.54 Å². The van der Waals surface area contributed by atoms with Crippen LogP contribution in [0.15, 0.2) is 0 Å². The molecule has 1 saturated carbocycles. The number of hydrogen-bond acceptors (Lipinski definition) is 3. The summed E-state index contributed by atoms with van der Waals surface area (Å²) in [5.74, 6) is -0.0824. The highest BCUT2D eigenvalue weighted by Gasteiger charge is 2.52. The molecular formula is C12H21N3O2. The highest BCUT2D eigenvalue weighted by molar-refractivity contribution is 6.07. The summed E-state index contributed by atoms with van der Waals surface area (Å²) in [4.78, 5) is 27.7. The van der Waals surface area contributed by atoms with Crippen LogP contribution in [0.3, 0.4) is 0 Å². The molecule has 0 radical (unpaired) electrons. The topological polar surface area (TPSA) is 52.6 Å². The fraction of sp³-hybridized carbons (Fsp3) is 0.833. The molecular weight excluding hydrogens is 218 g/mol. The van der Waals surface area contributed by atoms with Crippen LogP contribution < -0.4 is 5.32 Å². The van der Waals surface area contributed by atoms with Gasteiger partial charge in [0.05, 0.1) is 0 Å². The number of nitrogens with zero attached hydrogens (tertiary/aromatic N) is 2. The molecule has 0 atom stereocenters. The Morgan fingerprint density at radius 3 is 2.47 bits per heavy atom. The lowest BCUT2D eigenvalue weighted by molar-refractivity contribution is -0.128. The zero-order valence-electron chi connectivity index (χ0n) is 10.7. The molecule has 3 amide bonds. The third-order valence-electron chi connectivity index (χ3n) is 3.86. The summed E-state index contributed by atoms with van der Waals surface area (Å²) in [7, 11) is 3.95. The lowest BCUT2D eigenvalue weighted by atomic mass is 9.80. The number of rotatable bonds is 3. The molecule has 96 valence electrons. The first-order valence-corrected chi connectivity index (χ1v) is 6.34. The molecule has 5 heteroatoms. The van der Waals surface area contributed by atoms with Crippen LogP contribution >= 0.6 is 0 Å². The molecule has 2 fully saturated rings. The zero-order chi connectivity index (χ0) is 12.5. The van der Waals surface area contributed by atoms with Crippen molar-refractivity contribution < 1.29 is 9.59 Å². The van der Waals surface area contributed by atoms with Crippen LogP contribution in [-0.2, 0) is 4.79 Å². The van der Waals surface area contributed by atoms with E-state index < -0.39 is 5.54 Å². The summed E-state index contributed by atoms with van der Waals surface area (Å²) in [6.07, 6.45) is 4.89. The standard InChI is InChI=1S/C12H21N3O2/c1-14(2)8-9-15-11(17)13-10(16)12(15)6-4-3-5-7-12/h3-9H2,1-2H3,(H,13,16,17). The van der Waals surface area contributed by atoms with Crippen molar-refractivity contribution in [1.82, 2.24) is 15.1 Å². The Hall–Kier alpha value is -1.10. The van der Waals surface area contributed by atoms with Crippen molar-refractivity contribution in [1.29, 1.82) is 0 Å². The summed E-state index contributed by atoms with van der Waals surface area (Å²) in [5, 5.41) is 2.48. The molecule has 2 rings (SSSR count). The summed E-state index contributed by atoms with van der Waals surface area (Å²) in [5.41, 5.74) is -0.536. The van der Waals surface area contributed by atoms with Gasteiger partial charge in [-0.15, -0.1) is 0 Å². The molecule has 5 nitrogen and oxygen atoms in total. The minimum atomic E-state index is -0.536. The maximum Gasteiger partial charge on any atom is 0.325 e. The molecule has 1 spiro atoms. The molecule has 0 bridgehead atoms. The molecule has 1 aliphatic carbocycles. The number of amides is 3. The molecule has 17 heavy (non-hydrogen) atoms. The Morgan fingerprint density at radius 2 is 1.88 bits per heavy atom. The third kappa shape index (κ3) is 2.16. The number of nitrogens with one attached hydrogen (secondary N) is 1. The van der Waals surface area contributed by atoms with Crippen molar-refractivity contribution in [2.24, 2.45) is 0 Å². The van der Waals surface area contributed by atoms with E-state index in [-0.39, 0.29) is 11.9 Å². The summed E-state index contributed by atoms with van der Waals surface area (Å²) >= 11 is 0. The second-order valence-corrected chi connectivity index (χ2v) is 5.31. The number of hydrogen-bond donors (Lipinski definition) is 1. The highest BCUT2D eigenvalue weighted by atomic mass is 16.2. The zero-order valence-corrected chi connectivity index (χ0v) is 10.7. The van der Waals surface area contributed by atoms with Gasteiger partial charge in [-0.2, -0.15) is 0 Å². The molecule has 1 aliphatic heterocycles. The van der Waals surface area contributed by atoms with Gasteiger partial charge in [-0.3, -0.25) is 10.1 Å². The second kappa shape index (κ2) is 4.64. The lowest BCUT2D eigenvalue weighted by Gasteiger charge is -2.38. The van der Waals surface area contributed by atoms with Crippen molar-refractivity contribution >= 4 is 11.9 Å². The number of urea groups is 1. The number of carbonyl (C=O) groups excluding carboxylic acids is 2. The predicted octanol–water partition coefficient (Wildman–Crippen LogP) is 0.803. The van der Waals surface area contributed by atoms with Crippen LogP contribution in [0.2, 0.25) is 0 Å². The Bertz CT molecular complexity index is 322. The van der Waals surface area contributed by atoms with E-state index in [0.717, 1.165) is 32.2 Å². The van der Waals surface area contributed by atoms with Gasteiger partial charge in [0, 0.05) is 13.1 Å². The molecule has 0 aromatic rings. The highest BCUT2D eigenvalue weighted by Crippen LogP contribution is 2.36. The second-order valence-electron chi connectivity index (χ2n) is 5.31. The van der Waals surface area contributed by atoms with Gasteiger partial charge in [0.15, 0.2) is 0 Å². The number of carbonyl (C=O) groups is 2. The third-order valence-corrected chi connectivity index (χ3v) is 3.86.